The molecule has 1 aromatic rings. The summed E-state index contributed by atoms with van der Waals surface area (Å²) in [7, 11) is -3.60. The lowest BCUT2D eigenvalue weighted by molar-refractivity contribution is 0.0936. The zero-order valence-corrected chi connectivity index (χ0v) is 17.4. The molecule has 0 spiro atoms. The Bertz CT molecular complexity index is 780. The van der Waals surface area contributed by atoms with Crippen LogP contribution in [-0.4, -0.2) is 50.9 Å². The highest BCUT2D eigenvalue weighted by molar-refractivity contribution is 7.89. The fraction of sp³-hybridized carbons (Fsp3) is 0.650. The van der Waals surface area contributed by atoms with E-state index in [2.05, 4.69) is 10.2 Å². The molecule has 0 bridgehead atoms. The lowest BCUT2D eigenvalue weighted by Crippen LogP contribution is -2.36. The third kappa shape index (κ3) is 4.29. The number of anilines is 1. The molecule has 1 aliphatic heterocycles. The van der Waals surface area contributed by atoms with Crippen LogP contribution in [0.15, 0.2) is 23.1 Å². The Labute approximate surface area is 163 Å². The summed E-state index contributed by atoms with van der Waals surface area (Å²) in [5.41, 5.74) is 1.31. The standard InChI is InChI=1S/C20H31N3O3S/c1-4-23(5-2)27(25,26)17-10-11-19(22-12-6-7-13-22)18(14-17)20(24)21-15(3)16-8-9-16/h10-11,14-16H,4-9,12-13H2,1-3H3,(H,21,24). The number of carbonyl (C=O) groups is 1. The molecule has 3 rings (SSSR count). The quantitative estimate of drug-likeness (QED) is 0.737. The minimum absolute atomic E-state index is 0.118. The number of carbonyl (C=O) groups excluding carboxylic acids is 1. The fourth-order valence-electron chi connectivity index (χ4n) is 3.80. The van der Waals surface area contributed by atoms with E-state index in [1.165, 1.54) is 4.31 Å². The summed E-state index contributed by atoms with van der Waals surface area (Å²) in [6.45, 7) is 8.30. The largest absolute Gasteiger partial charge is 0.371 e. The average Bonchev–Trinajstić information content (AvgIpc) is 3.37. The fourth-order valence-corrected chi connectivity index (χ4v) is 5.29. The second kappa shape index (κ2) is 8.19. The summed E-state index contributed by atoms with van der Waals surface area (Å²) in [4.78, 5) is 15.4. The minimum Gasteiger partial charge on any atom is -0.371 e. The first kappa shape index (κ1) is 20.1. The van der Waals surface area contributed by atoms with Crippen LogP contribution < -0.4 is 10.2 Å². The maximum atomic E-state index is 13.0. The Kier molecular flexibility index (Phi) is 6.11. The average molecular weight is 394 g/mol. The summed E-state index contributed by atoms with van der Waals surface area (Å²) >= 11 is 0. The Morgan fingerprint density at radius 2 is 1.85 bits per heavy atom. The molecule has 2 fully saturated rings. The van der Waals surface area contributed by atoms with Crippen molar-refractivity contribution < 1.29 is 13.2 Å². The summed E-state index contributed by atoms with van der Waals surface area (Å²) in [6.07, 6.45) is 4.49. The number of hydrogen-bond donors (Lipinski definition) is 1. The SMILES string of the molecule is CCN(CC)S(=O)(=O)c1ccc(N2CCCC2)c(C(=O)NC(C)C2CC2)c1. The molecule has 1 aromatic carbocycles. The van der Waals surface area contributed by atoms with E-state index in [1.54, 1.807) is 18.2 Å². The van der Waals surface area contributed by atoms with Crippen LogP contribution in [-0.2, 0) is 10.0 Å². The van der Waals surface area contributed by atoms with Crippen LogP contribution in [0.3, 0.4) is 0 Å². The molecular weight excluding hydrogens is 362 g/mol. The number of nitrogens with zero attached hydrogens (tertiary/aromatic N) is 2. The summed E-state index contributed by atoms with van der Waals surface area (Å²) in [5, 5.41) is 3.08. The van der Waals surface area contributed by atoms with E-state index in [4.69, 9.17) is 0 Å². The zero-order chi connectivity index (χ0) is 19.6. The second-order valence-electron chi connectivity index (χ2n) is 7.56. The van der Waals surface area contributed by atoms with E-state index in [0.717, 1.165) is 44.5 Å². The van der Waals surface area contributed by atoms with E-state index in [9.17, 15) is 13.2 Å². The third-order valence-corrected chi connectivity index (χ3v) is 7.74. The van der Waals surface area contributed by atoms with E-state index in [1.807, 2.05) is 20.8 Å². The van der Waals surface area contributed by atoms with Gasteiger partial charge in [-0.25, -0.2) is 8.42 Å². The van der Waals surface area contributed by atoms with E-state index in [-0.39, 0.29) is 16.8 Å². The van der Waals surface area contributed by atoms with Crippen molar-refractivity contribution in [3.8, 4) is 0 Å². The lowest BCUT2D eigenvalue weighted by atomic mass is 10.1. The molecule has 1 unspecified atom stereocenters. The van der Waals surface area contributed by atoms with Gasteiger partial charge in [-0.2, -0.15) is 4.31 Å². The molecule has 2 aliphatic rings. The molecule has 7 heteroatoms. The Hall–Kier alpha value is -1.60. The van der Waals surface area contributed by atoms with Gasteiger partial charge in [0.2, 0.25) is 10.0 Å². The van der Waals surface area contributed by atoms with Gasteiger partial charge in [0.25, 0.3) is 5.91 Å². The summed E-state index contributed by atoms with van der Waals surface area (Å²) in [6, 6.07) is 5.13. The molecular formula is C20H31N3O3S. The number of amides is 1. The van der Waals surface area contributed by atoms with Crippen LogP contribution in [0.25, 0.3) is 0 Å². The second-order valence-corrected chi connectivity index (χ2v) is 9.50. The molecule has 0 aromatic heterocycles. The van der Waals surface area contributed by atoms with Gasteiger partial charge in [0.05, 0.1) is 10.5 Å². The van der Waals surface area contributed by atoms with Crippen molar-refractivity contribution in [1.82, 2.24) is 9.62 Å². The lowest BCUT2D eigenvalue weighted by Gasteiger charge is -2.24. The van der Waals surface area contributed by atoms with Crippen molar-refractivity contribution in [2.24, 2.45) is 5.92 Å². The van der Waals surface area contributed by atoms with Crippen LogP contribution in [0.4, 0.5) is 5.69 Å². The normalized spacial score (nSPS) is 18.7. The molecule has 1 N–H and O–H groups in total. The van der Waals surface area contributed by atoms with E-state index >= 15 is 0 Å². The molecule has 1 amide bonds. The van der Waals surface area contributed by atoms with Gasteiger partial charge in [0.15, 0.2) is 0 Å². The first-order valence-electron chi connectivity index (χ1n) is 10.1. The topological polar surface area (TPSA) is 69.7 Å². The smallest absolute Gasteiger partial charge is 0.253 e. The molecule has 6 nitrogen and oxygen atoms in total. The van der Waals surface area contributed by atoms with Crippen molar-refractivity contribution in [2.45, 2.75) is 57.4 Å². The highest BCUT2D eigenvalue weighted by atomic mass is 32.2. The van der Waals surface area contributed by atoms with Gasteiger partial charge >= 0.3 is 0 Å². The molecule has 1 heterocycles. The van der Waals surface area contributed by atoms with Gasteiger partial charge in [0, 0.05) is 37.9 Å². The Balaban J connectivity index is 1.96. The molecule has 27 heavy (non-hydrogen) atoms. The number of rotatable bonds is 8. The Morgan fingerprint density at radius 1 is 1.22 bits per heavy atom. The number of benzene rings is 1. The van der Waals surface area contributed by atoms with Crippen LogP contribution in [0, 0.1) is 5.92 Å². The maximum absolute atomic E-state index is 13.0. The van der Waals surface area contributed by atoms with Gasteiger partial charge in [-0.15, -0.1) is 0 Å². The first-order valence-corrected chi connectivity index (χ1v) is 11.5. The minimum atomic E-state index is -3.60. The molecule has 1 aliphatic carbocycles. The van der Waals surface area contributed by atoms with Crippen molar-refractivity contribution in [3.63, 3.8) is 0 Å². The number of sulfonamides is 1. The van der Waals surface area contributed by atoms with Crippen molar-refractivity contribution in [3.05, 3.63) is 23.8 Å². The predicted octanol–water partition coefficient (Wildman–Crippen LogP) is 2.85. The highest BCUT2D eigenvalue weighted by Gasteiger charge is 2.31. The van der Waals surface area contributed by atoms with Crippen molar-refractivity contribution in [2.75, 3.05) is 31.1 Å². The summed E-state index contributed by atoms with van der Waals surface area (Å²) < 4.78 is 27.3. The van der Waals surface area contributed by atoms with Crippen molar-refractivity contribution >= 4 is 21.6 Å². The van der Waals surface area contributed by atoms with Crippen LogP contribution >= 0.6 is 0 Å². The molecule has 0 radical (unpaired) electrons. The first-order chi connectivity index (χ1) is 12.9. The summed E-state index contributed by atoms with van der Waals surface area (Å²) in [5.74, 6) is 0.375. The molecule has 1 saturated carbocycles. The van der Waals surface area contributed by atoms with Gasteiger partial charge in [0.1, 0.15) is 0 Å². The molecule has 1 atom stereocenters. The zero-order valence-electron chi connectivity index (χ0n) is 16.6. The highest BCUT2D eigenvalue weighted by Crippen LogP contribution is 2.33. The van der Waals surface area contributed by atoms with E-state index < -0.39 is 10.0 Å². The molecule has 150 valence electrons. The van der Waals surface area contributed by atoms with Crippen molar-refractivity contribution in [1.29, 1.82) is 0 Å². The number of nitrogens with one attached hydrogen (secondary N) is 1. The predicted molar refractivity (Wildman–Crippen MR) is 108 cm³/mol. The van der Waals surface area contributed by atoms with Gasteiger partial charge < -0.3 is 10.2 Å². The van der Waals surface area contributed by atoms with E-state index in [0.29, 0.717) is 24.6 Å². The van der Waals surface area contributed by atoms with Crippen LogP contribution in [0.1, 0.15) is 56.8 Å². The van der Waals surface area contributed by atoms with Crippen LogP contribution in [0.2, 0.25) is 0 Å². The Morgan fingerprint density at radius 3 is 2.41 bits per heavy atom. The van der Waals surface area contributed by atoms with Gasteiger partial charge in [-0.05, 0) is 56.7 Å². The van der Waals surface area contributed by atoms with Gasteiger partial charge in [-0.1, -0.05) is 13.8 Å². The van der Waals surface area contributed by atoms with Gasteiger partial charge in [-0.3, -0.25) is 4.79 Å². The number of hydrogen-bond acceptors (Lipinski definition) is 4. The third-order valence-electron chi connectivity index (χ3n) is 5.69. The molecule has 1 saturated heterocycles. The van der Waals surface area contributed by atoms with Crippen LogP contribution in [0.5, 0.6) is 0 Å². The maximum Gasteiger partial charge on any atom is 0.253 e. The monoisotopic (exact) mass is 393 g/mol.